The number of pyridine rings is 1. The number of piperazine rings is 1. The molecule has 0 amide bonds. The molecule has 2 aromatic rings. The fourth-order valence-electron chi connectivity index (χ4n) is 2.81. The molecule has 1 atom stereocenters. The Morgan fingerprint density at radius 1 is 1.21 bits per heavy atom. The standard InChI is InChI=1S/C17H22N6O/c1-12(2)16-20-17(24-21-16)13(3)22-6-8-23(9-7-22)15-10-14(11-18)4-5-19-15/h4-5,10,12-13H,6-9H2,1-3H3/t13-/m1/s1. The number of aromatic nitrogens is 3. The second-order valence-electron chi connectivity index (χ2n) is 6.36. The molecule has 0 radical (unpaired) electrons. The van der Waals surface area contributed by atoms with E-state index in [4.69, 9.17) is 9.78 Å². The van der Waals surface area contributed by atoms with Crippen LogP contribution in [0, 0.1) is 11.3 Å². The van der Waals surface area contributed by atoms with Crippen LogP contribution in [0.4, 0.5) is 5.82 Å². The minimum atomic E-state index is 0.102. The molecule has 1 aliphatic heterocycles. The Labute approximate surface area is 141 Å². The van der Waals surface area contributed by atoms with Gasteiger partial charge in [-0.3, -0.25) is 4.90 Å². The van der Waals surface area contributed by atoms with Crippen LogP contribution in [0.2, 0.25) is 0 Å². The zero-order chi connectivity index (χ0) is 17.1. The molecule has 3 heterocycles. The van der Waals surface area contributed by atoms with E-state index >= 15 is 0 Å². The average molecular weight is 326 g/mol. The van der Waals surface area contributed by atoms with Crippen LogP contribution in [0.3, 0.4) is 0 Å². The van der Waals surface area contributed by atoms with Gasteiger partial charge >= 0.3 is 0 Å². The van der Waals surface area contributed by atoms with Gasteiger partial charge < -0.3 is 9.42 Å². The van der Waals surface area contributed by atoms with E-state index in [1.54, 1.807) is 12.3 Å². The summed E-state index contributed by atoms with van der Waals surface area (Å²) in [6.07, 6.45) is 1.69. The van der Waals surface area contributed by atoms with Crippen LogP contribution >= 0.6 is 0 Å². The third-order valence-corrected chi connectivity index (χ3v) is 4.39. The number of hydrogen-bond acceptors (Lipinski definition) is 7. The van der Waals surface area contributed by atoms with Gasteiger partial charge in [0.2, 0.25) is 5.89 Å². The summed E-state index contributed by atoms with van der Waals surface area (Å²) in [7, 11) is 0. The molecule has 0 saturated carbocycles. The molecule has 0 unspecified atom stereocenters. The Morgan fingerprint density at radius 2 is 1.96 bits per heavy atom. The van der Waals surface area contributed by atoms with E-state index in [0.29, 0.717) is 11.5 Å². The van der Waals surface area contributed by atoms with Crippen molar-refractivity contribution < 1.29 is 4.52 Å². The third kappa shape index (κ3) is 3.39. The second kappa shape index (κ2) is 6.97. The van der Waals surface area contributed by atoms with Gasteiger partial charge in [0, 0.05) is 38.3 Å². The van der Waals surface area contributed by atoms with Gasteiger partial charge in [-0.2, -0.15) is 10.2 Å². The number of anilines is 1. The van der Waals surface area contributed by atoms with Crippen LogP contribution in [0.1, 0.15) is 50.0 Å². The van der Waals surface area contributed by atoms with Crippen molar-refractivity contribution in [3.8, 4) is 6.07 Å². The fraction of sp³-hybridized carbons (Fsp3) is 0.529. The molecule has 1 saturated heterocycles. The van der Waals surface area contributed by atoms with Crippen LogP contribution in [0.5, 0.6) is 0 Å². The molecule has 0 N–H and O–H groups in total. The SMILES string of the molecule is CC(C)c1noc([C@@H](C)N2CCN(c3cc(C#N)ccn3)CC2)n1. The third-order valence-electron chi connectivity index (χ3n) is 4.39. The first-order chi connectivity index (χ1) is 11.6. The van der Waals surface area contributed by atoms with E-state index in [1.807, 2.05) is 6.07 Å². The molecule has 126 valence electrons. The minimum Gasteiger partial charge on any atom is -0.354 e. The molecule has 0 aromatic carbocycles. The Bertz CT molecular complexity index is 727. The molecule has 7 nitrogen and oxygen atoms in total. The van der Waals surface area contributed by atoms with Crippen LogP contribution in [-0.4, -0.2) is 46.2 Å². The van der Waals surface area contributed by atoms with E-state index in [9.17, 15) is 0 Å². The van der Waals surface area contributed by atoms with E-state index in [0.717, 1.165) is 37.8 Å². The molecular formula is C17H22N6O. The summed E-state index contributed by atoms with van der Waals surface area (Å²) in [6.45, 7) is 9.70. The lowest BCUT2D eigenvalue weighted by molar-refractivity contribution is 0.164. The van der Waals surface area contributed by atoms with Crippen molar-refractivity contribution in [2.75, 3.05) is 31.1 Å². The van der Waals surface area contributed by atoms with Crippen LogP contribution in [0.25, 0.3) is 0 Å². The molecule has 1 aliphatic rings. The molecule has 0 spiro atoms. The molecule has 0 bridgehead atoms. The van der Waals surface area contributed by atoms with Crippen molar-refractivity contribution in [3.05, 3.63) is 35.6 Å². The minimum absolute atomic E-state index is 0.102. The maximum absolute atomic E-state index is 9.01. The van der Waals surface area contributed by atoms with Crippen molar-refractivity contribution in [1.82, 2.24) is 20.0 Å². The van der Waals surface area contributed by atoms with Crippen molar-refractivity contribution in [2.24, 2.45) is 0 Å². The smallest absolute Gasteiger partial charge is 0.243 e. The Balaban J connectivity index is 1.62. The van der Waals surface area contributed by atoms with Crippen LogP contribution in [-0.2, 0) is 0 Å². The second-order valence-corrected chi connectivity index (χ2v) is 6.36. The first-order valence-corrected chi connectivity index (χ1v) is 8.27. The molecule has 1 fully saturated rings. The summed E-state index contributed by atoms with van der Waals surface area (Å²) >= 11 is 0. The highest BCUT2D eigenvalue weighted by atomic mass is 16.5. The summed E-state index contributed by atoms with van der Waals surface area (Å²) in [5.74, 6) is 2.57. The van der Waals surface area contributed by atoms with Gasteiger partial charge in [0.05, 0.1) is 17.7 Å². The summed E-state index contributed by atoms with van der Waals surface area (Å²) < 4.78 is 5.42. The maximum Gasteiger partial charge on any atom is 0.243 e. The van der Waals surface area contributed by atoms with Gasteiger partial charge in [-0.1, -0.05) is 19.0 Å². The molecule has 2 aromatic heterocycles. The van der Waals surface area contributed by atoms with Gasteiger partial charge in [-0.25, -0.2) is 4.98 Å². The summed E-state index contributed by atoms with van der Waals surface area (Å²) in [6, 6.07) is 5.83. The Hall–Kier alpha value is -2.46. The number of rotatable bonds is 4. The highest BCUT2D eigenvalue weighted by molar-refractivity contribution is 5.45. The zero-order valence-corrected chi connectivity index (χ0v) is 14.3. The first-order valence-electron chi connectivity index (χ1n) is 8.27. The molecule has 24 heavy (non-hydrogen) atoms. The van der Waals surface area contributed by atoms with Crippen molar-refractivity contribution in [3.63, 3.8) is 0 Å². The lowest BCUT2D eigenvalue weighted by Gasteiger charge is -2.37. The maximum atomic E-state index is 9.01. The monoisotopic (exact) mass is 326 g/mol. The average Bonchev–Trinajstić information content (AvgIpc) is 3.12. The molecular weight excluding hydrogens is 304 g/mol. The van der Waals surface area contributed by atoms with Crippen molar-refractivity contribution in [1.29, 1.82) is 5.26 Å². The van der Waals surface area contributed by atoms with Crippen molar-refractivity contribution >= 4 is 5.82 Å². The van der Waals surface area contributed by atoms with Gasteiger partial charge in [0.25, 0.3) is 0 Å². The van der Waals surface area contributed by atoms with Gasteiger partial charge in [0.1, 0.15) is 5.82 Å². The number of hydrogen-bond donors (Lipinski definition) is 0. The Kier molecular flexibility index (Phi) is 4.76. The Morgan fingerprint density at radius 3 is 2.58 bits per heavy atom. The van der Waals surface area contributed by atoms with E-state index < -0.39 is 0 Å². The van der Waals surface area contributed by atoms with Gasteiger partial charge in [0.15, 0.2) is 5.82 Å². The fourth-order valence-corrected chi connectivity index (χ4v) is 2.81. The van der Waals surface area contributed by atoms with Crippen LogP contribution in [0.15, 0.2) is 22.9 Å². The first kappa shape index (κ1) is 16.4. The quantitative estimate of drug-likeness (QED) is 0.853. The van der Waals surface area contributed by atoms with E-state index in [1.165, 1.54) is 0 Å². The summed E-state index contributed by atoms with van der Waals surface area (Å²) in [5.41, 5.74) is 0.642. The van der Waals surface area contributed by atoms with E-state index in [-0.39, 0.29) is 12.0 Å². The molecule has 0 aliphatic carbocycles. The number of nitriles is 1. The topological polar surface area (TPSA) is 82.1 Å². The zero-order valence-electron chi connectivity index (χ0n) is 14.3. The lowest BCUT2D eigenvalue weighted by atomic mass is 10.2. The van der Waals surface area contributed by atoms with E-state index in [2.05, 4.69) is 51.8 Å². The summed E-state index contributed by atoms with van der Waals surface area (Å²) in [4.78, 5) is 13.4. The molecule has 7 heteroatoms. The van der Waals surface area contributed by atoms with Gasteiger partial charge in [-0.15, -0.1) is 0 Å². The normalized spacial score (nSPS) is 17.0. The predicted octanol–water partition coefficient (Wildman–Crippen LogP) is 2.34. The molecule has 3 rings (SSSR count). The highest BCUT2D eigenvalue weighted by Crippen LogP contribution is 2.23. The van der Waals surface area contributed by atoms with Gasteiger partial charge in [-0.05, 0) is 19.1 Å². The largest absolute Gasteiger partial charge is 0.354 e. The lowest BCUT2D eigenvalue weighted by Crippen LogP contribution is -2.47. The predicted molar refractivity (Wildman–Crippen MR) is 89.5 cm³/mol. The number of nitrogens with zero attached hydrogens (tertiary/aromatic N) is 6. The van der Waals surface area contributed by atoms with Crippen molar-refractivity contribution in [2.45, 2.75) is 32.7 Å². The summed E-state index contributed by atoms with van der Waals surface area (Å²) in [5, 5.41) is 13.1. The highest BCUT2D eigenvalue weighted by Gasteiger charge is 2.26. The van der Waals surface area contributed by atoms with Crippen LogP contribution < -0.4 is 4.90 Å².